The van der Waals surface area contributed by atoms with Crippen LogP contribution in [-0.2, 0) is 14.3 Å². The Hall–Kier alpha value is -0.410. The fourth-order valence-corrected chi connectivity index (χ4v) is 1.05. The molecule has 64 valence electrons. The van der Waals surface area contributed by atoms with Crippen molar-refractivity contribution in [2.24, 2.45) is 5.92 Å². The molecule has 0 radical (unpaired) electrons. The summed E-state index contributed by atoms with van der Waals surface area (Å²) in [5, 5.41) is 0. The molecule has 0 aromatic heterocycles. The summed E-state index contributed by atoms with van der Waals surface area (Å²) in [4.78, 5) is 11.3. The van der Waals surface area contributed by atoms with Crippen molar-refractivity contribution in [2.45, 2.75) is 33.2 Å². The first kappa shape index (κ1) is 8.68. The van der Waals surface area contributed by atoms with Crippen LogP contribution in [0.3, 0.4) is 0 Å². The fourth-order valence-electron chi connectivity index (χ4n) is 1.05. The monoisotopic (exact) mass is 158 g/mol. The van der Waals surface area contributed by atoms with E-state index < -0.39 is 0 Å². The second kappa shape index (κ2) is 3.32. The number of ether oxygens (including phenoxy) is 2. The number of hydrogen-bond acceptors (Lipinski definition) is 3. The highest BCUT2D eigenvalue weighted by Gasteiger charge is 2.29. The normalized spacial score (nSPS) is 31.3. The third-order valence-electron chi connectivity index (χ3n) is 1.72. The van der Waals surface area contributed by atoms with Gasteiger partial charge in [-0.3, -0.25) is 4.79 Å². The molecule has 0 N–H and O–H groups in total. The van der Waals surface area contributed by atoms with Crippen LogP contribution in [0.5, 0.6) is 0 Å². The summed E-state index contributed by atoms with van der Waals surface area (Å²) in [5.41, 5.74) is 0. The first-order chi connectivity index (χ1) is 5.11. The van der Waals surface area contributed by atoms with Crippen LogP contribution in [0.25, 0.3) is 0 Å². The number of ketones is 1. The van der Waals surface area contributed by atoms with Gasteiger partial charge in [0, 0.05) is 5.92 Å². The average molecular weight is 158 g/mol. The van der Waals surface area contributed by atoms with Crippen molar-refractivity contribution >= 4 is 5.78 Å². The zero-order valence-electron chi connectivity index (χ0n) is 7.16. The van der Waals surface area contributed by atoms with Gasteiger partial charge < -0.3 is 9.47 Å². The van der Waals surface area contributed by atoms with E-state index in [1.54, 1.807) is 6.92 Å². The van der Waals surface area contributed by atoms with Gasteiger partial charge in [0.1, 0.15) is 6.10 Å². The van der Waals surface area contributed by atoms with Crippen LogP contribution in [0.1, 0.15) is 20.8 Å². The van der Waals surface area contributed by atoms with E-state index in [-0.39, 0.29) is 24.1 Å². The Morgan fingerprint density at radius 1 is 1.55 bits per heavy atom. The van der Waals surface area contributed by atoms with Crippen molar-refractivity contribution in [3.63, 3.8) is 0 Å². The van der Waals surface area contributed by atoms with E-state index in [1.165, 1.54) is 0 Å². The maximum absolute atomic E-state index is 11.3. The molecule has 0 saturated carbocycles. The van der Waals surface area contributed by atoms with Crippen molar-refractivity contribution in [3.05, 3.63) is 0 Å². The minimum Gasteiger partial charge on any atom is -0.350 e. The van der Waals surface area contributed by atoms with E-state index in [4.69, 9.17) is 9.47 Å². The van der Waals surface area contributed by atoms with E-state index in [9.17, 15) is 4.79 Å². The van der Waals surface area contributed by atoms with E-state index >= 15 is 0 Å². The smallest absolute Gasteiger partial charge is 0.166 e. The Kier molecular flexibility index (Phi) is 2.62. The largest absolute Gasteiger partial charge is 0.350 e. The van der Waals surface area contributed by atoms with Gasteiger partial charge in [-0.05, 0) is 6.92 Å². The summed E-state index contributed by atoms with van der Waals surface area (Å²) in [5.74, 6) is 0.170. The Labute approximate surface area is 66.7 Å². The summed E-state index contributed by atoms with van der Waals surface area (Å²) in [6.07, 6.45) is -0.548. The highest BCUT2D eigenvalue weighted by atomic mass is 16.7. The fraction of sp³-hybridized carbons (Fsp3) is 0.875. The van der Waals surface area contributed by atoms with Crippen LogP contribution in [0.15, 0.2) is 0 Å². The number of hydrogen-bond donors (Lipinski definition) is 0. The van der Waals surface area contributed by atoms with Crippen LogP contribution in [0.2, 0.25) is 0 Å². The van der Waals surface area contributed by atoms with Gasteiger partial charge in [0.15, 0.2) is 12.1 Å². The van der Waals surface area contributed by atoms with Crippen molar-refractivity contribution < 1.29 is 14.3 Å². The Morgan fingerprint density at radius 2 is 2.18 bits per heavy atom. The molecule has 0 amide bonds. The number of carbonyl (C=O) groups excluding carboxylic acids is 1. The van der Waals surface area contributed by atoms with Gasteiger partial charge in [-0.2, -0.15) is 0 Å². The third kappa shape index (κ3) is 2.01. The molecule has 2 atom stereocenters. The third-order valence-corrected chi connectivity index (χ3v) is 1.72. The molecule has 2 unspecified atom stereocenters. The molecule has 1 saturated heterocycles. The topological polar surface area (TPSA) is 35.5 Å². The molecule has 0 aliphatic carbocycles. The van der Waals surface area contributed by atoms with Crippen LogP contribution in [-0.4, -0.2) is 24.8 Å². The lowest BCUT2D eigenvalue weighted by atomic mass is 10.1. The summed E-state index contributed by atoms with van der Waals surface area (Å²) in [6.45, 7) is 5.95. The van der Waals surface area contributed by atoms with E-state index in [1.807, 2.05) is 13.8 Å². The molecule has 1 fully saturated rings. The summed E-state index contributed by atoms with van der Waals surface area (Å²) >= 11 is 0. The molecular weight excluding hydrogens is 144 g/mol. The van der Waals surface area contributed by atoms with E-state index in [0.29, 0.717) is 6.61 Å². The van der Waals surface area contributed by atoms with Gasteiger partial charge in [-0.15, -0.1) is 0 Å². The number of Topliss-reactive ketones (excluding diaryl/α,β-unsaturated/α-hetero) is 1. The predicted molar refractivity (Wildman–Crippen MR) is 40.1 cm³/mol. The standard InChI is InChI=1S/C8H14O3/c1-5(2)8(9)7-4-10-6(3)11-7/h5-7H,4H2,1-3H3. The zero-order valence-corrected chi connectivity index (χ0v) is 7.16. The Balaban J connectivity index is 2.43. The van der Waals surface area contributed by atoms with Gasteiger partial charge in [-0.25, -0.2) is 0 Å². The SMILES string of the molecule is CC1OCC(C(=O)C(C)C)O1. The van der Waals surface area contributed by atoms with Crippen molar-refractivity contribution in [2.75, 3.05) is 6.61 Å². The quantitative estimate of drug-likeness (QED) is 0.600. The highest BCUT2D eigenvalue weighted by molar-refractivity contribution is 5.85. The second-order valence-corrected chi connectivity index (χ2v) is 3.08. The zero-order chi connectivity index (χ0) is 8.43. The molecule has 0 spiro atoms. The molecule has 0 bridgehead atoms. The van der Waals surface area contributed by atoms with Crippen LogP contribution in [0, 0.1) is 5.92 Å². The lowest BCUT2D eigenvalue weighted by Crippen LogP contribution is -2.27. The molecule has 3 nitrogen and oxygen atoms in total. The molecule has 1 heterocycles. The Bertz CT molecular complexity index is 153. The lowest BCUT2D eigenvalue weighted by Gasteiger charge is -2.09. The summed E-state index contributed by atoms with van der Waals surface area (Å²) in [7, 11) is 0. The molecule has 11 heavy (non-hydrogen) atoms. The lowest BCUT2D eigenvalue weighted by molar-refractivity contribution is -0.133. The molecule has 1 aliphatic heterocycles. The van der Waals surface area contributed by atoms with Crippen LogP contribution in [0.4, 0.5) is 0 Å². The second-order valence-electron chi connectivity index (χ2n) is 3.08. The summed E-state index contributed by atoms with van der Waals surface area (Å²) < 4.78 is 10.3. The maximum Gasteiger partial charge on any atom is 0.166 e. The van der Waals surface area contributed by atoms with Crippen LogP contribution < -0.4 is 0 Å². The molecule has 1 rings (SSSR count). The number of rotatable bonds is 2. The minimum atomic E-state index is -0.329. The van der Waals surface area contributed by atoms with Crippen LogP contribution >= 0.6 is 0 Å². The Morgan fingerprint density at radius 3 is 2.55 bits per heavy atom. The minimum absolute atomic E-state index is 0.0360. The highest BCUT2D eigenvalue weighted by Crippen LogP contribution is 2.14. The van der Waals surface area contributed by atoms with Crippen molar-refractivity contribution in [1.29, 1.82) is 0 Å². The first-order valence-corrected chi connectivity index (χ1v) is 3.92. The van der Waals surface area contributed by atoms with Gasteiger partial charge in [0.05, 0.1) is 6.61 Å². The van der Waals surface area contributed by atoms with Gasteiger partial charge in [-0.1, -0.05) is 13.8 Å². The van der Waals surface area contributed by atoms with Crippen molar-refractivity contribution in [1.82, 2.24) is 0 Å². The van der Waals surface area contributed by atoms with E-state index in [2.05, 4.69) is 0 Å². The number of carbonyl (C=O) groups is 1. The molecule has 1 aliphatic rings. The predicted octanol–water partition coefficient (Wildman–Crippen LogP) is 0.973. The first-order valence-electron chi connectivity index (χ1n) is 3.92. The molecule has 0 aromatic carbocycles. The van der Waals surface area contributed by atoms with E-state index in [0.717, 1.165) is 0 Å². The van der Waals surface area contributed by atoms with Crippen molar-refractivity contribution in [3.8, 4) is 0 Å². The maximum atomic E-state index is 11.3. The van der Waals surface area contributed by atoms with Gasteiger partial charge in [0.25, 0.3) is 0 Å². The molecular formula is C8H14O3. The molecule has 3 heteroatoms. The average Bonchev–Trinajstić information content (AvgIpc) is 2.34. The van der Waals surface area contributed by atoms with Gasteiger partial charge >= 0.3 is 0 Å². The van der Waals surface area contributed by atoms with Gasteiger partial charge in [0.2, 0.25) is 0 Å². The molecule has 0 aromatic rings. The summed E-state index contributed by atoms with van der Waals surface area (Å²) in [6, 6.07) is 0.